The highest BCUT2D eigenvalue weighted by Gasteiger charge is 2.07. The molecule has 0 aliphatic carbocycles. The minimum absolute atomic E-state index is 0.270. The van der Waals surface area contributed by atoms with Crippen LogP contribution in [-0.4, -0.2) is 12.1 Å². The minimum Gasteiger partial charge on any atom is -0.339 e. The molecule has 0 bridgehead atoms. The molecule has 6 heteroatoms. The number of nitrogens with zero attached hydrogens (tertiary/aromatic N) is 1. The van der Waals surface area contributed by atoms with Gasteiger partial charge in [-0.05, 0) is 53.2 Å². The van der Waals surface area contributed by atoms with Gasteiger partial charge in [-0.1, -0.05) is 0 Å². The molecule has 0 radical (unpaired) electrons. The number of aryl methyl sites for hydroxylation is 1. The maximum atomic E-state index is 12.8. The van der Waals surface area contributed by atoms with E-state index in [-0.39, 0.29) is 5.82 Å². The third kappa shape index (κ3) is 3.42. The van der Waals surface area contributed by atoms with Gasteiger partial charge >= 0.3 is 0 Å². The molecule has 2 rings (SSSR count). The van der Waals surface area contributed by atoms with Gasteiger partial charge in [0.2, 0.25) is 0 Å². The number of hydrogen-bond acceptors (Lipinski definition) is 4. The largest absolute Gasteiger partial charge is 0.339 e. The topological polar surface area (TPSA) is 46.2 Å². The Labute approximate surface area is 119 Å². The van der Waals surface area contributed by atoms with Gasteiger partial charge in [0, 0.05) is 5.69 Å². The van der Waals surface area contributed by atoms with Crippen molar-refractivity contribution in [3.63, 3.8) is 0 Å². The molecule has 2 N–H and O–H groups in total. The van der Waals surface area contributed by atoms with Crippen molar-refractivity contribution < 1.29 is 9.23 Å². The van der Waals surface area contributed by atoms with Crippen LogP contribution < -0.4 is 10.8 Å². The molecule has 0 unspecified atom stereocenters. The van der Waals surface area contributed by atoms with Crippen molar-refractivity contribution in [2.24, 2.45) is 0 Å². The van der Waals surface area contributed by atoms with Crippen LogP contribution in [0.4, 0.5) is 21.6 Å². The van der Waals surface area contributed by atoms with Crippen LogP contribution in [0.2, 0.25) is 0 Å². The molecule has 0 fully saturated rings. The quantitative estimate of drug-likeness (QED) is 0.834. The van der Waals surface area contributed by atoms with Crippen LogP contribution >= 0.6 is 15.9 Å². The Kier molecular flexibility index (Phi) is 4.34. The van der Waals surface area contributed by atoms with Crippen molar-refractivity contribution in [3.8, 4) is 0 Å². The second kappa shape index (κ2) is 5.99. The zero-order valence-corrected chi connectivity index (χ0v) is 12.1. The van der Waals surface area contributed by atoms with Crippen LogP contribution in [0.3, 0.4) is 0 Å². The number of nitrogens with one attached hydrogen (secondary N) is 2. The van der Waals surface area contributed by atoms with E-state index in [4.69, 9.17) is 4.84 Å². The fraction of sp³-hybridized carbons (Fsp3) is 0.154. The Morgan fingerprint density at radius 1 is 1.26 bits per heavy atom. The molecule has 1 aromatic heterocycles. The first-order chi connectivity index (χ1) is 9.10. The van der Waals surface area contributed by atoms with E-state index in [0.29, 0.717) is 5.82 Å². The third-order valence-corrected chi connectivity index (χ3v) is 3.09. The zero-order valence-electron chi connectivity index (χ0n) is 10.5. The molecule has 2 aromatic rings. The first kappa shape index (κ1) is 13.8. The van der Waals surface area contributed by atoms with E-state index in [1.54, 1.807) is 12.1 Å². The van der Waals surface area contributed by atoms with Gasteiger partial charge in [-0.3, -0.25) is 10.3 Å². The molecule has 0 spiro atoms. The van der Waals surface area contributed by atoms with E-state index < -0.39 is 0 Å². The van der Waals surface area contributed by atoms with E-state index in [0.717, 1.165) is 21.5 Å². The lowest BCUT2D eigenvalue weighted by atomic mass is 10.3. The molecular weight excluding hydrogens is 313 g/mol. The van der Waals surface area contributed by atoms with Crippen LogP contribution in [0.25, 0.3) is 0 Å². The SMILES string of the molecule is CONc1cc(Br)c(Nc2ccc(F)cc2)nc1C. The summed E-state index contributed by atoms with van der Waals surface area (Å²) in [6.45, 7) is 1.86. The van der Waals surface area contributed by atoms with E-state index in [1.165, 1.54) is 19.2 Å². The molecule has 0 amide bonds. The first-order valence-electron chi connectivity index (χ1n) is 5.59. The van der Waals surface area contributed by atoms with Crippen LogP contribution in [0.5, 0.6) is 0 Å². The van der Waals surface area contributed by atoms with E-state index in [9.17, 15) is 4.39 Å². The maximum Gasteiger partial charge on any atom is 0.145 e. The Balaban J connectivity index is 2.25. The van der Waals surface area contributed by atoms with Gasteiger partial charge in [-0.25, -0.2) is 9.37 Å². The Morgan fingerprint density at radius 3 is 2.58 bits per heavy atom. The summed E-state index contributed by atoms with van der Waals surface area (Å²) in [7, 11) is 1.54. The molecule has 0 atom stereocenters. The number of hydrogen-bond donors (Lipinski definition) is 2. The highest BCUT2D eigenvalue weighted by atomic mass is 79.9. The zero-order chi connectivity index (χ0) is 13.8. The van der Waals surface area contributed by atoms with Gasteiger partial charge in [-0.2, -0.15) is 0 Å². The molecule has 0 saturated heterocycles. The van der Waals surface area contributed by atoms with Crippen molar-refractivity contribution in [2.45, 2.75) is 6.92 Å². The highest BCUT2D eigenvalue weighted by Crippen LogP contribution is 2.28. The van der Waals surface area contributed by atoms with E-state index in [1.807, 2.05) is 13.0 Å². The summed E-state index contributed by atoms with van der Waals surface area (Å²) in [6.07, 6.45) is 0. The standard InChI is InChI=1S/C13H13BrFN3O/c1-8-12(18-19-2)7-11(14)13(16-8)17-10-5-3-9(15)4-6-10/h3-7,18H,1-2H3,(H,16,17). The number of aromatic nitrogens is 1. The van der Waals surface area contributed by atoms with Crippen LogP contribution in [0.1, 0.15) is 5.69 Å². The van der Waals surface area contributed by atoms with Gasteiger partial charge < -0.3 is 5.32 Å². The third-order valence-electron chi connectivity index (χ3n) is 2.49. The predicted molar refractivity (Wildman–Crippen MR) is 77.0 cm³/mol. The summed E-state index contributed by atoms with van der Waals surface area (Å²) in [5, 5.41) is 3.12. The molecule has 4 nitrogen and oxygen atoms in total. The average Bonchev–Trinajstić information content (AvgIpc) is 2.38. The van der Waals surface area contributed by atoms with Gasteiger partial charge in [0.1, 0.15) is 11.6 Å². The lowest BCUT2D eigenvalue weighted by Crippen LogP contribution is -2.02. The van der Waals surface area contributed by atoms with Crippen LogP contribution in [0.15, 0.2) is 34.8 Å². The Bertz CT molecular complexity index is 575. The summed E-state index contributed by atoms with van der Waals surface area (Å²) >= 11 is 3.43. The molecule has 0 aliphatic rings. The Hall–Kier alpha value is -1.66. The summed E-state index contributed by atoms with van der Waals surface area (Å²) < 4.78 is 13.6. The van der Waals surface area contributed by atoms with E-state index >= 15 is 0 Å². The van der Waals surface area contributed by atoms with Crippen molar-refractivity contribution in [1.82, 2.24) is 4.98 Å². The summed E-state index contributed by atoms with van der Waals surface area (Å²) in [5.41, 5.74) is 5.07. The smallest absolute Gasteiger partial charge is 0.145 e. The normalized spacial score (nSPS) is 10.3. The van der Waals surface area contributed by atoms with Crippen LogP contribution in [0, 0.1) is 12.7 Å². The number of halogens is 2. The lowest BCUT2D eigenvalue weighted by Gasteiger charge is -2.12. The fourth-order valence-electron chi connectivity index (χ4n) is 1.55. The molecule has 0 aliphatic heterocycles. The van der Waals surface area contributed by atoms with Crippen molar-refractivity contribution >= 4 is 33.1 Å². The molecule has 1 heterocycles. The van der Waals surface area contributed by atoms with Gasteiger partial charge in [0.05, 0.1) is 23.0 Å². The van der Waals surface area contributed by atoms with Crippen LogP contribution in [-0.2, 0) is 4.84 Å². The van der Waals surface area contributed by atoms with E-state index in [2.05, 4.69) is 31.7 Å². The molecular formula is C13H13BrFN3O. The van der Waals surface area contributed by atoms with Crippen molar-refractivity contribution in [1.29, 1.82) is 0 Å². The second-order valence-corrected chi connectivity index (χ2v) is 4.74. The Morgan fingerprint density at radius 2 is 1.95 bits per heavy atom. The predicted octanol–water partition coefficient (Wildman–Crippen LogP) is 4.01. The van der Waals surface area contributed by atoms with Gasteiger partial charge in [-0.15, -0.1) is 0 Å². The van der Waals surface area contributed by atoms with Crippen molar-refractivity contribution in [2.75, 3.05) is 17.9 Å². The minimum atomic E-state index is -0.270. The number of pyridine rings is 1. The van der Waals surface area contributed by atoms with Crippen molar-refractivity contribution in [3.05, 3.63) is 46.3 Å². The summed E-state index contributed by atoms with van der Waals surface area (Å²) in [6, 6.07) is 7.95. The second-order valence-electron chi connectivity index (χ2n) is 3.89. The molecule has 0 saturated carbocycles. The number of anilines is 3. The summed E-state index contributed by atoms with van der Waals surface area (Å²) in [5.74, 6) is 0.388. The number of rotatable bonds is 4. The van der Waals surface area contributed by atoms with Gasteiger partial charge in [0.15, 0.2) is 0 Å². The monoisotopic (exact) mass is 325 g/mol. The molecule has 100 valence electrons. The van der Waals surface area contributed by atoms with Gasteiger partial charge in [0.25, 0.3) is 0 Å². The maximum absolute atomic E-state index is 12.8. The lowest BCUT2D eigenvalue weighted by molar-refractivity contribution is 0.270. The highest BCUT2D eigenvalue weighted by molar-refractivity contribution is 9.10. The fourth-order valence-corrected chi connectivity index (χ4v) is 1.97. The molecule has 19 heavy (non-hydrogen) atoms. The molecule has 1 aromatic carbocycles. The first-order valence-corrected chi connectivity index (χ1v) is 6.38. The number of benzene rings is 1. The average molecular weight is 326 g/mol. The summed E-state index contributed by atoms with van der Waals surface area (Å²) in [4.78, 5) is 9.28.